The third kappa shape index (κ3) is 2.09. The number of ether oxygens (including phenoxy) is 1. The lowest BCUT2D eigenvalue weighted by Gasteiger charge is -2.22. The van der Waals surface area contributed by atoms with Crippen molar-refractivity contribution in [2.45, 2.75) is 18.9 Å². The van der Waals surface area contributed by atoms with E-state index in [0.29, 0.717) is 6.08 Å². The van der Waals surface area contributed by atoms with Crippen molar-refractivity contribution >= 4 is 17.9 Å². The van der Waals surface area contributed by atoms with Gasteiger partial charge in [-0.15, -0.1) is 0 Å². The van der Waals surface area contributed by atoms with E-state index in [9.17, 15) is 14.4 Å². The summed E-state index contributed by atoms with van der Waals surface area (Å²) in [5.41, 5.74) is -2.52. The zero-order chi connectivity index (χ0) is 11.4. The van der Waals surface area contributed by atoms with Crippen LogP contribution in [-0.2, 0) is 19.1 Å². The van der Waals surface area contributed by atoms with Crippen LogP contribution in [0.25, 0.3) is 0 Å². The summed E-state index contributed by atoms with van der Waals surface area (Å²) in [7, 11) is 0. The zero-order valence-electron chi connectivity index (χ0n) is 7.52. The maximum atomic E-state index is 10.7. The first-order valence-corrected chi connectivity index (χ1v) is 3.73. The molecule has 0 radical (unpaired) electrons. The van der Waals surface area contributed by atoms with Crippen LogP contribution in [0, 0.1) is 0 Å². The summed E-state index contributed by atoms with van der Waals surface area (Å²) in [6.45, 7) is 4.33. The molecule has 0 aliphatic rings. The molecule has 0 saturated heterocycles. The third-order valence-electron chi connectivity index (χ3n) is 1.63. The van der Waals surface area contributed by atoms with Crippen LogP contribution < -0.4 is 0 Å². The maximum Gasteiger partial charge on any atom is 0.360 e. The minimum atomic E-state index is -2.52. The lowest BCUT2D eigenvalue weighted by molar-refractivity contribution is -0.188. The van der Waals surface area contributed by atoms with E-state index in [4.69, 9.17) is 10.2 Å². The molecule has 0 spiro atoms. The quantitative estimate of drug-likeness (QED) is 0.370. The first-order chi connectivity index (χ1) is 6.40. The molecule has 0 heterocycles. The van der Waals surface area contributed by atoms with Crippen molar-refractivity contribution in [1.82, 2.24) is 0 Å². The molecule has 0 amide bonds. The summed E-state index contributed by atoms with van der Waals surface area (Å²) >= 11 is 0. The normalized spacial score (nSPS) is 10.4. The molecule has 0 aromatic rings. The van der Waals surface area contributed by atoms with E-state index in [1.165, 1.54) is 6.92 Å². The highest BCUT2D eigenvalue weighted by Crippen LogP contribution is 2.17. The number of aliphatic carboxylic acids is 2. The Morgan fingerprint density at radius 3 is 2.00 bits per heavy atom. The van der Waals surface area contributed by atoms with Gasteiger partial charge in [0, 0.05) is 12.5 Å². The Kier molecular flexibility index (Phi) is 3.82. The number of rotatable bonds is 5. The molecular weight excluding hydrogens is 192 g/mol. The minimum Gasteiger partial charge on any atom is -0.478 e. The highest BCUT2D eigenvalue weighted by atomic mass is 16.6. The molecule has 14 heavy (non-hydrogen) atoms. The first-order valence-electron chi connectivity index (χ1n) is 3.73. The summed E-state index contributed by atoms with van der Waals surface area (Å²) in [5, 5.41) is 17.3. The van der Waals surface area contributed by atoms with Crippen LogP contribution >= 0.6 is 0 Å². The predicted molar refractivity (Wildman–Crippen MR) is 44.6 cm³/mol. The molecule has 0 aliphatic heterocycles. The Morgan fingerprint density at radius 1 is 1.36 bits per heavy atom. The summed E-state index contributed by atoms with van der Waals surface area (Å²) in [5.74, 6) is -4.53. The van der Waals surface area contributed by atoms with E-state index < -0.39 is 23.5 Å². The SMILES string of the molecule is C=CC(=O)OC(CC)(C(=O)O)C(=O)O. The highest BCUT2D eigenvalue weighted by molar-refractivity contribution is 6.04. The Bertz CT molecular complexity index is 266. The predicted octanol–water partition coefficient (Wildman–Crippen LogP) is 0.0336. The summed E-state index contributed by atoms with van der Waals surface area (Å²) in [6.07, 6.45) is 0.341. The molecule has 0 aromatic heterocycles. The molecule has 0 saturated carbocycles. The third-order valence-corrected chi connectivity index (χ3v) is 1.63. The number of carbonyl (C=O) groups excluding carboxylic acids is 1. The fourth-order valence-corrected chi connectivity index (χ4v) is 0.767. The Balaban J connectivity index is 5.05. The number of hydrogen-bond donors (Lipinski definition) is 2. The summed E-state index contributed by atoms with van der Waals surface area (Å²) < 4.78 is 4.30. The van der Waals surface area contributed by atoms with Gasteiger partial charge in [-0.05, 0) is 0 Å². The van der Waals surface area contributed by atoms with Gasteiger partial charge < -0.3 is 14.9 Å². The van der Waals surface area contributed by atoms with Gasteiger partial charge in [0.2, 0.25) is 0 Å². The van der Waals surface area contributed by atoms with Crippen LogP contribution in [0.1, 0.15) is 13.3 Å². The van der Waals surface area contributed by atoms with Crippen LogP contribution in [0.3, 0.4) is 0 Å². The molecule has 2 N–H and O–H groups in total. The fraction of sp³-hybridized carbons (Fsp3) is 0.375. The summed E-state index contributed by atoms with van der Waals surface area (Å²) in [6, 6.07) is 0. The number of hydrogen-bond acceptors (Lipinski definition) is 4. The fourth-order valence-electron chi connectivity index (χ4n) is 0.767. The van der Waals surface area contributed by atoms with Gasteiger partial charge in [0.05, 0.1) is 0 Å². The van der Waals surface area contributed by atoms with Gasteiger partial charge in [0.1, 0.15) is 0 Å². The van der Waals surface area contributed by atoms with Gasteiger partial charge in [-0.25, -0.2) is 14.4 Å². The second kappa shape index (κ2) is 4.40. The van der Waals surface area contributed by atoms with E-state index in [2.05, 4.69) is 11.3 Å². The van der Waals surface area contributed by atoms with Crippen molar-refractivity contribution in [3.8, 4) is 0 Å². The molecule has 0 aliphatic carbocycles. The molecule has 0 aromatic carbocycles. The van der Waals surface area contributed by atoms with Crippen molar-refractivity contribution in [2.75, 3.05) is 0 Å². The molecule has 0 rings (SSSR count). The number of carbonyl (C=O) groups is 3. The average Bonchev–Trinajstić information content (AvgIpc) is 2.12. The van der Waals surface area contributed by atoms with Crippen molar-refractivity contribution in [2.24, 2.45) is 0 Å². The van der Waals surface area contributed by atoms with E-state index in [-0.39, 0.29) is 6.42 Å². The number of esters is 1. The van der Waals surface area contributed by atoms with Crippen molar-refractivity contribution in [3.05, 3.63) is 12.7 Å². The van der Waals surface area contributed by atoms with Crippen molar-refractivity contribution in [1.29, 1.82) is 0 Å². The highest BCUT2D eigenvalue weighted by Gasteiger charge is 2.48. The molecule has 0 unspecified atom stereocenters. The molecular formula is C8H10O6. The van der Waals surface area contributed by atoms with E-state index in [0.717, 1.165) is 0 Å². The molecule has 78 valence electrons. The molecule has 0 bridgehead atoms. The van der Waals surface area contributed by atoms with Gasteiger partial charge in [0.25, 0.3) is 0 Å². The molecule has 6 nitrogen and oxygen atoms in total. The van der Waals surface area contributed by atoms with E-state index in [1.54, 1.807) is 0 Å². The van der Waals surface area contributed by atoms with Crippen molar-refractivity contribution in [3.63, 3.8) is 0 Å². The van der Waals surface area contributed by atoms with Gasteiger partial charge >= 0.3 is 23.5 Å². The monoisotopic (exact) mass is 202 g/mol. The standard InChI is InChI=1S/C8H10O6/c1-3-5(9)14-8(4-2,6(10)11)7(12)13/h3H,1,4H2,2H3,(H,10,11)(H,12,13). The van der Waals surface area contributed by atoms with Gasteiger partial charge in [-0.2, -0.15) is 0 Å². The Morgan fingerprint density at radius 2 is 1.79 bits per heavy atom. The zero-order valence-corrected chi connectivity index (χ0v) is 7.52. The molecule has 6 heteroatoms. The van der Waals surface area contributed by atoms with E-state index in [1.807, 2.05) is 0 Å². The average molecular weight is 202 g/mol. The molecule has 0 atom stereocenters. The van der Waals surface area contributed by atoms with E-state index >= 15 is 0 Å². The van der Waals surface area contributed by atoms with Crippen LogP contribution in [0.2, 0.25) is 0 Å². The topological polar surface area (TPSA) is 101 Å². The van der Waals surface area contributed by atoms with Gasteiger partial charge in [-0.1, -0.05) is 13.5 Å². The number of carboxylic acids is 2. The largest absolute Gasteiger partial charge is 0.478 e. The lowest BCUT2D eigenvalue weighted by Crippen LogP contribution is -2.49. The lowest BCUT2D eigenvalue weighted by atomic mass is 10.0. The smallest absolute Gasteiger partial charge is 0.360 e. The van der Waals surface area contributed by atoms with Crippen molar-refractivity contribution < 1.29 is 29.3 Å². The van der Waals surface area contributed by atoms with Crippen LogP contribution in [0.5, 0.6) is 0 Å². The second-order valence-corrected chi connectivity index (χ2v) is 2.42. The summed E-state index contributed by atoms with van der Waals surface area (Å²) in [4.78, 5) is 32.0. The number of carboxylic acid groups (broad SMARTS) is 2. The van der Waals surface area contributed by atoms with Gasteiger partial charge in [-0.3, -0.25) is 0 Å². The van der Waals surface area contributed by atoms with Gasteiger partial charge in [0.15, 0.2) is 0 Å². The van der Waals surface area contributed by atoms with Crippen LogP contribution in [0.4, 0.5) is 0 Å². The van der Waals surface area contributed by atoms with Crippen LogP contribution in [-0.4, -0.2) is 33.7 Å². The maximum absolute atomic E-state index is 10.7. The first kappa shape index (κ1) is 12.2. The van der Waals surface area contributed by atoms with Crippen LogP contribution in [0.15, 0.2) is 12.7 Å². The minimum absolute atomic E-state index is 0.364. The second-order valence-electron chi connectivity index (χ2n) is 2.42. The Labute approximate surface area is 79.8 Å². The molecule has 0 fully saturated rings. The Hall–Kier alpha value is -1.85.